The minimum atomic E-state index is 0.0921. The molecule has 0 radical (unpaired) electrons. The van der Waals surface area contributed by atoms with Crippen molar-refractivity contribution < 1.29 is 4.79 Å². The van der Waals surface area contributed by atoms with Crippen molar-refractivity contribution in [2.45, 2.75) is 24.6 Å². The number of carbonyl (C=O) groups excluding carboxylic acids is 1. The van der Waals surface area contributed by atoms with Crippen molar-refractivity contribution in [1.29, 1.82) is 0 Å². The molecule has 88 valence electrons. The number of nitrogens with zero attached hydrogens (tertiary/aromatic N) is 2. The van der Waals surface area contributed by atoms with Gasteiger partial charge in [0.1, 0.15) is 0 Å². The second-order valence-corrected chi connectivity index (χ2v) is 5.74. The Morgan fingerprint density at radius 3 is 2.81 bits per heavy atom. The van der Waals surface area contributed by atoms with Gasteiger partial charge >= 0.3 is 0 Å². The van der Waals surface area contributed by atoms with Crippen molar-refractivity contribution >= 4 is 21.8 Å². The molecule has 5 heteroatoms. The molecule has 1 amide bonds. The van der Waals surface area contributed by atoms with E-state index in [1.54, 1.807) is 12.4 Å². The fourth-order valence-corrected chi connectivity index (χ4v) is 2.64. The predicted molar refractivity (Wildman–Crippen MR) is 65.6 cm³/mol. The number of rotatable bonds is 2. The van der Waals surface area contributed by atoms with E-state index in [2.05, 4.69) is 33.1 Å². The average molecular weight is 286 g/mol. The molecule has 2 rings (SSSR count). The first-order valence-electron chi connectivity index (χ1n) is 5.60. The Kier molecular flexibility index (Phi) is 3.63. The van der Waals surface area contributed by atoms with E-state index in [1.165, 1.54) is 0 Å². The van der Waals surface area contributed by atoms with E-state index in [9.17, 15) is 4.79 Å². The van der Waals surface area contributed by atoms with Gasteiger partial charge in [-0.2, -0.15) is 5.10 Å². The first-order chi connectivity index (χ1) is 7.68. The summed E-state index contributed by atoms with van der Waals surface area (Å²) in [5, 5.41) is 6.47. The minimum absolute atomic E-state index is 0.0921. The minimum Gasteiger partial charge on any atom is -0.339 e. The fraction of sp³-hybridized carbons (Fsp3) is 0.636. The maximum atomic E-state index is 12.0. The number of piperidine rings is 1. The number of H-pyrrole nitrogens is 1. The van der Waals surface area contributed by atoms with E-state index in [1.807, 2.05) is 4.90 Å². The standard InChI is InChI=1S/C11H16BrN3O/c1-8(12)9-2-4-15(5-3-9)11(16)10-6-13-14-7-10/h6-9H,2-5H2,1H3,(H,13,14). The molecule has 0 bridgehead atoms. The largest absolute Gasteiger partial charge is 0.339 e. The van der Waals surface area contributed by atoms with Crippen LogP contribution in [0.4, 0.5) is 0 Å². The van der Waals surface area contributed by atoms with Crippen LogP contribution in [-0.2, 0) is 0 Å². The molecule has 16 heavy (non-hydrogen) atoms. The monoisotopic (exact) mass is 285 g/mol. The van der Waals surface area contributed by atoms with Crippen LogP contribution in [0.2, 0.25) is 0 Å². The summed E-state index contributed by atoms with van der Waals surface area (Å²) in [6.07, 6.45) is 5.40. The molecule has 1 aliphatic rings. The average Bonchev–Trinajstić information content (AvgIpc) is 2.81. The van der Waals surface area contributed by atoms with Crippen LogP contribution in [0.25, 0.3) is 0 Å². The Labute approximate surface area is 104 Å². The molecule has 1 aliphatic heterocycles. The Hall–Kier alpha value is -0.840. The molecule has 1 fully saturated rings. The number of nitrogens with one attached hydrogen (secondary N) is 1. The highest BCUT2D eigenvalue weighted by Crippen LogP contribution is 2.25. The zero-order chi connectivity index (χ0) is 11.5. The lowest BCUT2D eigenvalue weighted by Crippen LogP contribution is -2.39. The summed E-state index contributed by atoms with van der Waals surface area (Å²) < 4.78 is 0. The first kappa shape index (κ1) is 11.6. The van der Waals surface area contributed by atoms with Crippen LogP contribution in [-0.4, -0.2) is 38.9 Å². The molecule has 0 saturated carbocycles. The smallest absolute Gasteiger partial charge is 0.257 e. The van der Waals surface area contributed by atoms with Crippen molar-refractivity contribution in [2.75, 3.05) is 13.1 Å². The number of alkyl halides is 1. The van der Waals surface area contributed by atoms with E-state index < -0.39 is 0 Å². The van der Waals surface area contributed by atoms with Crippen LogP contribution in [0.1, 0.15) is 30.1 Å². The van der Waals surface area contributed by atoms with Crippen LogP contribution >= 0.6 is 15.9 Å². The number of hydrogen-bond donors (Lipinski definition) is 1. The number of hydrogen-bond acceptors (Lipinski definition) is 2. The van der Waals surface area contributed by atoms with E-state index in [4.69, 9.17) is 0 Å². The third-order valence-corrected chi connectivity index (χ3v) is 3.97. The van der Waals surface area contributed by atoms with Crippen LogP contribution in [0.15, 0.2) is 12.4 Å². The Morgan fingerprint density at radius 1 is 1.62 bits per heavy atom. The number of aromatic nitrogens is 2. The van der Waals surface area contributed by atoms with Gasteiger partial charge in [0.05, 0.1) is 11.8 Å². The molecular weight excluding hydrogens is 270 g/mol. The number of likely N-dealkylation sites (tertiary alicyclic amines) is 1. The van der Waals surface area contributed by atoms with Gasteiger partial charge in [0.25, 0.3) is 5.91 Å². The molecule has 1 N–H and O–H groups in total. The van der Waals surface area contributed by atoms with Crippen molar-refractivity contribution in [1.82, 2.24) is 15.1 Å². The second kappa shape index (κ2) is 4.99. The highest BCUT2D eigenvalue weighted by molar-refractivity contribution is 9.09. The number of aromatic amines is 1. The van der Waals surface area contributed by atoms with Crippen LogP contribution in [0, 0.1) is 5.92 Å². The summed E-state index contributed by atoms with van der Waals surface area (Å²) in [5.74, 6) is 0.780. The van der Waals surface area contributed by atoms with E-state index in [0.717, 1.165) is 25.9 Å². The normalized spacial score (nSPS) is 19.8. The Morgan fingerprint density at radius 2 is 2.31 bits per heavy atom. The van der Waals surface area contributed by atoms with Crippen molar-refractivity contribution in [3.8, 4) is 0 Å². The number of amides is 1. The van der Waals surface area contributed by atoms with Crippen molar-refractivity contribution in [3.63, 3.8) is 0 Å². The maximum Gasteiger partial charge on any atom is 0.257 e. The summed E-state index contributed by atoms with van der Waals surface area (Å²) in [5.41, 5.74) is 0.658. The van der Waals surface area contributed by atoms with Crippen LogP contribution in [0.3, 0.4) is 0 Å². The van der Waals surface area contributed by atoms with Crippen LogP contribution < -0.4 is 0 Å². The molecule has 0 spiro atoms. The summed E-state index contributed by atoms with van der Waals surface area (Å²) in [7, 11) is 0. The zero-order valence-electron chi connectivity index (χ0n) is 9.32. The molecule has 1 saturated heterocycles. The first-order valence-corrected chi connectivity index (χ1v) is 6.52. The van der Waals surface area contributed by atoms with E-state index >= 15 is 0 Å². The lowest BCUT2D eigenvalue weighted by molar-refractivity contribution is 0.0691. The number of carbonyl (C=O) groups is 1. The molecular formula is C11H16BrN3O. The number of halogens is 1. The molecule has 4 nitrogen and oxygen atoms in total. The highest BCUT2D eigenvalue weighted by Gasteiger charge is 2.25. The van der Waals surface area contributed by atoms with Gasteiger partial charge in [-0.05, 0) is 18.8 Å². The summed E-state index contributed by atoms with van der Waals surface area (Å²) in [6, 6.07) is 0. The molecule has 0 aromatic carbocycles. The summed E-state index contributed by atoms with van der Waals surface area (Å²) in [6.45, 7) is 3.88. The van der Waals surface area contributed by atoms with Gasteiger partial charge in [0.15, 0.2) is 0 Å². The maximum absolute atomic E-state index is 12.0. The third-order valence-electron chi connectivity index (χ3n) is 3.22. The van der Waals surface area contributed by atoms with Gasteiger partial charge in [-0.3, -0.25) is 9.89 Å². The van der Waals surface area contributed by atoms with Gasteiger partial charge in [0, 0.05) is 24.1 Å². The van der Waals surface area contributed by atoms with Gasteiger partial charge in [0.2, 0.25) is 0 Å². The summed E-state index contributed by atoms with van der Waals surface area (Å²) >= 11 is 3.61. The highest BCUT2D eigenvalue weighted by atomic mass is 79.9. The molecule has 1 atom stereocenters. The van der Waals surface area contributed by atoms with Crippen LogP contribution in [0.5, 0.6) is 0 Å². The second-order valence-electron chi connectivity index (χ2n) is 4.29. The van der Waals surface area contributed by atoms with Crippen molar-refractivity contribution in [2.24, 2.45) is 5.92 Å². The molecule has 2 heterocycles. The Bertz CT molecular complexity index is 342. The van der Waals surface area contributed by atoms with Gasteiger partial charge in [-0.25, -0.2) is 0 Å². The SMILES string of the molecule is CC(Br)C1CCN(C(=O)c2cn[nH]c2)CC1. The van der Waals surface area contributed by atoms with Gasteiger partial charge < -0.3 is 4.90 Å². The quantitative estimate of drug-likeness (QED) is 0.846. The van der Waals surface area contributed by atoms with Gasteiger partial charge in [-0.15, -0.1) is 0 Å². The molecule has 0 aliphatic carbocycles. The molecule has 1 unspecified atom stereocenters. The lowest BCUT2D eigenvalue weighted by Gasteiger charge is -2.33. The fourth-order valence-electron chi connectivity index (χ4n) is 2.11. The summed E-state index contributed by atoms with van der Waals surface area (Å²) in [4.78, 5) is 14.4. The topological polar surface area (TPSA) is 49.0 Å². The van der Waals surface area contributed by atoms with Crippen molar-refractivity contribution in [3.05, 3.63) is 18.0 Å². The van der Waals surface area contributed by atoms with E-state index in [0.29, 0.717) is 16.3 Å². The predicted octanol–water partition coefficient (Wildman–Crippen LogP) is 2.05. The van der Waals surface area contributed by atoms with Gasteiger partial charge in [-0.1, -0.05) is 22.9 Å². The molecule has 1 aromatic rings. The Balaban J connectivity index is 1.92. The third kappa shape index (κ3) is 2.45. The van der Waals surface area contributed by atoms with E-state index in [-0.39, 0.29) is 5.91 Å². The zero-order valence-corrected chi connectivity index (χ0v) is 10.9. The lowest BCUT2D eigenvalue weighted by atomic mass is 9.94. The molecule has 1 aromatic heterocycles.